The van der Waals surface area contributed by atoms with E-state index in [9.17, 15) is 13.9 Å². The van der Waals surface area contributed by atoms with Gasteiger partial charge in [-0.05, 0) is 19.8 Å². The lowest BCUT2D eigenvalue weighted by molar-refractivity contribution is 0.439. The zero-order valence-corrected chi connectivity index (χ0v) is 9.48. The van der Waals surface area contributed by atoms with E-state index in [1.807, 2.05) is 0 Å². The SMILES string of the molecule is CC(N)C1(c2c(F)cc(O)c(Cl)c2F)CC1. The van der Waals surface area contributed by atoms with Gasteiger partial charge < -0.3 is 10.8 Å². The summed E-state index contributed by atoms with van der Waals surface area (Å²) in [5.41, 5.74) is 5.00. The van der Waals surface area contributed by atoms with Crippen LogP contribution in [-0.4, -0.2) is 11.1 Å². The summed E-state index contributed by atoms with van der Waals surface area (Å²) in [6.07, 6.45) is 1.28. The van der Waals surface area contributed by atoms with Crippen LogP contribution >= 0.6 is 11.6 Å². The summed E-state index contributed by atoms with van der Waals surface area (Å²) in [7, 11) is 0. The van der Waals surface area contributed by atoms with Crippen LogP contribution in [0.5, 0.6) is 5.75 Å². The third kappa shape index (κ3) is 1.48. The Morgan fingerprint density at radius 3 is 2.50 bits per heavy atom. The van der Waals surface area contributed by atoms with Crippen LogP contribution in [0.4, 0.5) is 8.78 Å². The van der Waals surface area contributed by atoms with Crippen molar-refractivity contribution in [3.05, 3.63) is 28.3 Å². The van der Waals surface area contributed by atoms with Crippen LogP contribution < -0.4 is 5.73 Å². The van der Waals surface area contributed by atoms with Crippen molar-refractivity contribution in [2.24, 2.45) is 5.73 Å². The quantitative estimate of drug-likeness (QED) is 0.790. The highest BCUT2D eigenvalue weighted by Crippen LogP contribution is 2.53. The number of aromatic hydroxyl groups is 1. The van der Waals surface area contributed by atoms with Crippen LogP contribution in [0.3, 0.4) is 0 Å². The minimum atomic E-state index is -0.894. The van der Waals surface area contributed by atoms with Crippen LogP contribution in [0.25, 0.3) is 0 Å². The first-order valence-electron chi connectivity index (χ1n) is 5.02. The lowest BCUT2D eigenvalue weighted by atomic mass is 9.88. The highest BCUT2D eigenvalue weighted by Gasteiger charge is 2.51. The Morgan fingerprint density at radius 2 is 2.06 bits per heavy atom. The average molecular weight is 248 g/mol. The van der Waals surface area contributed by atoms with Crippen molar-refractivity contribution >= 4 is 11.6 Å². The summed E-state index contributed by atoms with van der Waals surface area (Å²) < 4.78 is 27.5. The Kier molecular flexibility index (Phi) is 2.59. The first kappa shape index (κ1) is 11.6. The van der Waals surface area contributed by atoms with Crippen LogP contribution in [0.15, 0.2) is 6.07 Å². The Bertz CT molecular complexity index is 444. The lowest BCUT2D eigenvalue weighted by Gasteiger charge is -2.22. The molecule has 0 aromatic heterocycles. The maximum absolute atomic E-state index is 13.8. The zero-order valence-electron chi connectivity index (χ0n) is 8.73. The minimum absolute atomic E-state index is 0.0923. The summed E-state index contributed by atoms with van der Waals surface area (Å²) in [4.78, 5) is 0. The topological polar surface area (TPSA) is 46.2 Å². The van der Waals surface area contributed by atoms with Gasteiger partial charge in [-0.15, -0.1) is 0 Å². The second-order valence-corrected chi connectivity index (χ2v) is 4.70. The van der Waals surface area contributed by atoms with E-state index in [2.05, 4.69) is 0 Å². The van der Waals surface area contributed by atoms with E-state index in [0.717, 1.165) is 6.07 Å². The summed E-state index contributed by atoms with van der Waals surface area (Å²) in [6, 6.07) is 0.487. The average Bonchev–Trinajstić information content (AvgIpc) is 2.96. The van der Waals surface area contributed by atoms with Gasteiger partial charge in [0.1, 0.15) is 16.6 Å². The fraction of sp³-hybridized carbons (Fsp3) is 0.455. The number of hydrogen-bond acceptors (Lipinski definition) is 2. The maximum atomic E-state index is 13.8. The van der Waals surface area contributed by atoms with Gasteiger partial charge in [0.25, 0.3) is 0 Å². The van der Waals surface area contributed by atoms with Crippen LogP contribution in [-0.2, 0) is 5.41 Å². The van der Waals surface area contributed by atoms with E-state index < -0.39 is 27.8 Å². The van der Waals surface area contributed by atoms with Crippen LogP contribution in [0.2, 0.25) is 5.02 Å². The smallest absolute Gasteiger partial charge is 0.152 e. The summed E-state index contributed by atoms with van der Waals surface area (Å²) in [6.45, 7) is 1.71. The number of rotatable bonds is 2. The first-order valence-corrected chi connectivity index (χ1v) is 5.40. The zero-order chi connectivity index (χ0) is 12.1. The summed E-state index contributed by atoms with van der Waals surface area (Å²) >= 11 is 5.56. The van der Waals surface area contributed by atoms with Gasteiger partial charge in [0.2, 0.25) is 0 Å². The molecule has 1 aliphatic rings. The van der Waals surface area contributed by atoms with Gasteiger partial charge in [-0.3, -0.25) is 0 Å². The molecular weight excluding hydrogens is 236 g/mol. The molecule has 3 N–H and O–H groups in total. The number of hydrogen-bond donors (Lipinski definition) is 2. The number of phenols is 1. The molecule has 0 bridgehead atoms. The molecule has 0 heterocycles. The molecule has 1 aliphatic carbocycles. The molecule has 0 spiro atoms. The molecule has 0 amide bonds. The predicted molar refractivity (Wildman–Crippen MR) is 57.6 cm³/mol. The van der Waals surface area contributed by atoms with Crippen molar-refractivity contribution < 1.29 is 13.9 Å². The van der Waals surface area contributed by atoms with Gasteiger partial charge in [0.05, 0.1) is 0 Å². The molecule has 1 saturated carbocycles. The van der Waals surface area contributed by atoms with Gasteiger partial charge >= 0.3 is 0 Å². The van der Waals surface area contributed by atoms with Gasteiger partial charge in [-0.2, -0.15) is 0 Å². The monoisotopic (exact) mass is 247 g/mol. The third-order valence-corrected chi connectivity index (χ3v) is 3.66. The number of nitrogens with two attached hydrogens (primary N) is 1. The van der Waals surface area contributed by atoms with E-state index in [1.54, 1.807) is 6.92 Å². The highest BCUT2D eigenvalue weighted by molar-refractivity contribution is 6.32. The molecule has 2 rings (SSSR count). The van der Waals surface area contributed by atoms with Gasteiger partial charge in [-0.1, -0.05) is 11.6 Å². The third-order valence-electron chi connectivity index (χ3n) is 3.30. The number of phenolic OH excluding ortho intramolecular Hbond substituents is 1. The Balaban J connectivity index is 2.62. The number of benzene rings is 1. The molecule has 1 aromatic carbocycles. The van der Waals surface area contributed by atoms with Crippen molar-refractivity contribution in [2.75, 3.05) is 0 Å². The van der Waals surface area contributed by atoms with E-state index >= 15 is 0 Å². The van der Waals surface area contributed by atoms with E-state index in [1.165, 1.54) is 0 Å². The Labute approximate surface area is 97.0 Å². The molecule has 1 unspecified atom stereocenters. The van der Waals surface area contributed by atoms with Crippen LogP contribution in [0, 0.1) is 11.6 Å². The van der Waals surface area contributed by atoms with Crippen molar-refractivity contribution in [3.63, 3.8) is 0 Å². The first-order chi connectivity index (χ1) is 7.40. The molecule has 88 valence electrons. The molecule has 1 fully saturated rings. The minimum Gasteiger partial charge on any atom is -0.506 e. The van der Waals surface area contributed by atoms with Gasteiger partial charge in [-0.25, -0.2) is 8.78 Å². The van der Waals surface area contributed by atoms with Crippen molar-refractivity contribution in [1.29, 1.82) is 0 Å². The molecule has 2 nitrogen and oxygen atoms in total. The Hall–Kier alpha value is -0.870. The molecule has 0 radical (unpaired) electrons. The number of halogens is 3. The van der Waals surface area contributed by atoms with E-state index in [-0.39, 0.29) is 11.6 Å². The molecule has 0 saturated heterocycles. The normalized spacial score (nSPS) is 19.6. The maximum Gasteiger partial charge on any atom is 0.152 e. The highest BCUT2D eigenvalue weighted by atomic mass is 35.5. The molecule has 1 atom stereocenters. The van der Waals surface area contributed by atoms with E-state index in [4.69, 9.17) is 17.3 Å². The van der Waals surface area contributed by atoms with Crippen LogP contribution in [0.1, 0.15) is 25.3 Å². The van der Waals surface area contributed by atoms with Crippen molar-refractivity contribution in [3.8, 4) is 5.75 Å². The second-order valence-electron chi connectivity index (χ2n) is 4.33. The van der Waals surface area contributed by atoms with Crippen molar-refractivity contribution in [2.45, 2.75) is 31.2 Å². The van der Waals surface area contributed by atoms with Gasteiger partial charge in [0, 0.05) is 23.1 Å². The summed E-state index contributed by atoms with van der Waals surface area (Å²) in [5, 5.41) is 8.75. The molecule has 1 aromatic rings. The molecule has 5 heteroatoms. The second kappa shape index (κ2) is 3.57. The molecule has 16 heavy (non-hydrogen) atoms. The Morgan fingerprint density at radius 1 is 1.50 bits per heavy atom. The van der Waals surface area contributed by atoms with Crippen molar-refractivity contribution in [1.82, 2.24) is 0 Å². The largest absolute Gasteiger partial charge is 0.506 e. The molecular formula is C11H12ClF2NO. The summed E-state index contributed by atoms with van der Waals surface area (Å²) in [5.74, 6) is -2.26. The predicted octanol–water partition coefficient (Wildman–Crippen LogP) is 2.70. The lowest BCUT2D eigenvalue weighted by Crippen LogP contribution is -2.33. The fourth-order valence-electron chi connectivity index (χ4n) is 2.11. The fourth-order valence-corrected chi connectivity index (χ4v) is 2.26. The van der Waals surface area contributed by atoms with E-state index in [0.29, 0.717) is 12.8 Å². The standard InChI is InChI=1S/C11H12ClF2NO/c1-5(15)11(2-3-11)8-6(13)4-7(16)9(12)10(8)14/h4-5,16H,2-3,15H2,1H3. The molecule has 0 aliphatic heterocycles. The van der Waals surface area contributed by atoms with Gasteiger partial charge in [0.15, 0.2) is 5.82 Å².